The number of carbonyl (C=O) groups excluding carboxylic acids is 1. The van der Waals surface area contributed by atoms with Crippen LogP contribution in [0.25, 0.3) is 0 Å². The van der Waals surface area contributed by atoms with Crippen LogP contribution in [0.3, 0.4) is 0 Å². The lowest BCUT2D eigenvalue weighted by Gasteiger charge is -2.17. The maximum Gasteiger partial charge on any atom is 0.254 e. The van der Waals surface area contributed by atoms with Gasteiger partial charge in [0.05, 0.1) is 12.1 Å². The Morgan fingerprint density at radius 2 is 1.96 bits per heavy atom. The first-order chi connectivity index (χ1) is 10.7. The third-order valence-electron chi connectivity index (χ3n) is 3.52. The van der Waals surface area contributed by atoms with Gasteiger partial charge in [-0.05, 0) is 51.3 Å². The molecule has 1 heterocycles. The molecule has 0 saturated carbocycles. The smallest absolute Gasteiger partial charge is 0.254 e. The maximum absolute atomic E-state index is 12.4. The Labute approximate surface area is 136 Å². The number of benzene rings is 1. The van der Waals surface area contributed by atoms with Crippen molar-refractivity contribution in [3.63, 3.8) is 0 Å². The van der Waals surface area contributed by atoms with Gasteiger partial charge in [0.2, 0.25) is 5.89 Å². The predicted molar refractivity (Wildman–Crippen MR) is 85.9 cm³/mol. The van der Waals surface area contributed by atoms with Crippen LogP contribution >= 0.6 is 0 Å². The average molecular weight is 317 g/mol. The average Bonchev–Trinajstić information content (AvgIpc) is 2.89. The Balaban J connectivity index is 1.96. The van der Waals surface area contributed by atoms with Crippen LogP contribution in [-0.4, -0.2) is 38.7 Å². The molecule has 0 bridgehead atoms. The van der Waals surface area contributed by atoms with Crippen LogP contribution in [0.5, 0.6) is 0 Å². The van der Waals surface area contributed by atoms with Crippen LogP contribution in [0.15, 0.2) is 28.8 Å². The summed E-state index contributed by atoms with van der Waals surface area (Å²) in [6.07, 6.45) is 1.45. The van der Waals surface area contributed by atoms with Crippen molar-refractivity contribution < 1.29 is 14.4 Å². The molecule has 1 amide bonds. The van der Waals surface area contributed by atoms with Crippen molar-refractivity contribution in [1.29, 1.82) is 0 Å². The lowest BCUT2D eigenvalue weighted by molar-refractivity contribution is 0.0712. The molecule has 0 aliphatic rings. The largest absolute Gasteiger partial charge is 0.390 e. The molecule has 0 radical (unpaired) electrons. The van der Waals surface area contributed by atoms with Crippen molar-refractivity contribution in [2.75, 3.05) is 7.05 Å². The molecule has 0 unspecified atom stereocenters. The Bertz CT molecular complexity index is 656. The van der Waals surface area contributed by atoms with Gasteiger partial charge in [0.1, 0.15) is 0 Å². The van der Waals surface area contributed by atoms with Gasteiger partial charge in [-0.25, -0.2) is 0 Å². The number of hydrogen-bond donors (Lipinski definition) is 1. The molecule has 0 fully saturated rings. The summed E-state index contributed by atoms with van der Waals surface area (Å²) >= 11 is 0. The molecule has 23 heavy (non-hydrogen) atoms. The molecule has 1 aromatic carbocycles. The third-order valence-corrected chi connectivity index (χ3v) is 3.52. The Hall–Kier alpha value is -2.21. The standard InChI is InChI=1S/C17H23N3O3/c1-12-18-15(23-19-12)11-20(4)16(21)14-7-5-13(6-8-14)9-10-17(2,3)22/h5-8,22H,9-11H2,1-4H3. The molecule has 0 atom stereocenters. The molecule has 6 heteroatoms. The lowest BCUT2D eigenvalue weighted by atomic mass is 9.98. The minimum absolute atomic E-state index is 0.102. The molecular weight excluding hydrogens is 294 g/mol. The van der Waals surface area contributed by atoms with Gasteiger partial charge in [-0.2, -0.15) is 4.98 Å². The van der Waals surface area contributed by atoms with Crippen LogP contribution in [0.1, 0.15) is 47.9 Å². The molecule has 0 aliphatic carbocycles. The zero-order valence-electron chi connectivity index (χ0n) is 14.0. The number of amides is 1. The zero-order valence-corrected chi connectivity index (χ0v) is 14.0. The van der Waals surface area contributed by atoms with Gasteiger partial charge in [-0.3, -0.25) is 4.79 Å². The number of aliphatic hydroxyl groups is 1. The van der Waals surface area contributed by atoms with Crippen molar-refractivity contribution in [2.45, 2.75) is 45.8 Å². The zero-order chi connectivity index (χ0) is 17.0. The lowest BCUT2D eigenvalue weighted by Crippen LogP contribution is -2.26. The van der Waals surface area contributed by atoms with E-state index in [1.165, 1.54) is 0 Å². The first kappa shape index (κ1) is 17.1. The fourth-order valence-electron chi connectivity index (χ4n) is 2.16. The number of rotatable bonds is 6. The SMILES string of the molecule is Cc1noc(CN(C)C(=O)c2ccc(CCC(C)(C)O)cc2)n1. The highest BCUT2D eigenvalue weighted by atomic mass is 16.5. The molecule has 124 valence electrons. The van der Waals surface area contributed by atoms with Gasteiger partial charge < -0.3 is 14.5 Å². The van der Waals surface area contributed by atoms with Crippen LogP contribution in [0, 0.1) is 6.92 Å². The molecule has 0 aliphatic heterocycles. The van der Waals surface area contributed by atoms with Crippen LogP contribution < -0.4 is 0 Å². The van der Waals surface area contributed by atoms with E-state index in [0.717, 1.165) is 12.0 Å². The molecule has 1 N–H and O–H groups in total. The first-order valence-electron chi connectivity index (χ1n) is 7.60. The van der Waals surface area contributed by atoms with Crippen molar-refractivity contribution in [1.82, 2.24) is 15.0 Å². The summed E-state index contributed by atoms with van der Waals surface area (Å²) in [5, 5.41) is 13.5. The third kappa shape index (κ3) is 5.17. The molecule has 1 aromatic heterocycles. The van der Waals surface area contributed by atoms with Gasteiger partial charge >= 0.3 is 0 Å². The summed E-state index contributed by atoms with van der Waals surface area (Å²) in [5.74, 6) is 0.868. The van der Waals surface area contributed by atoms with E-state index < -0.39 is 5.60 Å². The minimum Gasteiger partial charge on any atom is -0.390 e. The van der Waals surface area contributed by atoms with E-state index in [1.807, 2.05) is 12.1 Å². The minimum atomic E-state index is -0.684. The second-order valence-corrected chi connectivity index (χ2v) is 6.41. The van der Waals surface area contributed by atoms with Crippen molar-refractivity contribution in [2.24, 2.45) is 0 Å². The van der Waals surface area contributed by atoms with Gasteiger partial charge in [-0.1, -0.05) is 17.3 Å². The van der Waals surface area contributed by atoms with Gasteiger partial charge in [-0.15, -0.1) is 0 Å². The van der Waals surface area contributed by atoms with Gasteiger partial charge in [0.25, 0.3) is 5.91 Å². The highest BCUT2D eigenvalue weighted by Gasteiger charge is 2.16. The number of carbonyl (C=O) groups is 1. The summed E-state index contributed by atoms with van der Waals surface area (Å²) in [6, 6.07) is 7.45. The summed E-state index contributed by atoms with van der Waals surface area (Å²) in [5.41, 5.74) is 1.02. The predicted octanol–water partition coefficient (Wildman–Crippen LogP) is 2.35. The number of hydrogen-bond acceptors (Lipinski definition) is 5. The van der Waals surface area contributed by atoms with E-state index in [0.29, 0.717) is 23.7 Å². The Kier molecular flexibility index (Phi) is 5.15. The quantitative estimate of drug-likeness (QED) is 0.884. The maximum atomic E-state index is 12.4. The number of nitrogens with zero attached hydrogens (tertiary/aromatic N) is 3. The van der Waals surface area contributed by atoms with E-state index in [2.05, 4.69) is 10.1 Å². The summed E-state index contributed by atoms with van der Waals surface area (Å²) < 4.78 is 5.03. The molecule has 2 aromatic rings. The van der Waals surface area contributed by atoms with Gasteiger partial charge in [0, 0.05) is 12.6 Å². The number of aryl methyl sites for hydroxylation is 2. The van der Waals surface area contributed by atoms with Crippen molar-refractivity contribution in [3.05, 3.63) is 47.1 Å². The van der Waals surface area contributed by atoms with Crippen molar-refractivity contribution >= 4 is 5.91 Å². The summed E-state index contributed by atoms with van der Waals surface area (Å²) in [6.45, 7) is 5.60. The van der Waals surface area contributed by atoms with Gasteiger partial charge in [0.15, 0.2) is 5.82 Å². The fraction of sp³-hybridized carbons (Fsp3) is 0.471. The molecular formula is C17H23N3O3. The normalized spacial score (nSPS) is 11.5. The highest BCUT2D eigenvalue weighted by Crippen LogP contribution is 2.15. The van der Waals surface area contributed by atoms with Crippen LogP contribution in [-0.2, 0) is 13.0 Å². The monoisotopic (exact) mass is 317 g/mol. The summed E-state index contributed by atoms with van der Waals surface area (Å²) in [4.78, 5) is 18.0. The highest BCUT2D eigenvalue weighted by molar-refractivity contribution is 5.94. The fourth-order valence-corrected chi connectivity index (χ4v) is 2.16. The summed E-state index contributed by atoms with van der Waals surface area (Å²) in [7, 11) is 1.70. The van der Waals surface area contributed by atoms with E-state index in [1.54, 1.807) is 44.9 Å². The molecule has 2 rings (SSSR count). The Morgan fingerprint density at radius 1 is 1.30 bits per heavy atom. The first-order valence-corrected chi connectivity index (χ1v) is 7.60. The van der Waals surface area contributed by atoms with Crippen molar-refractivity contribution in [3.8, 4) is 0 Å². The van der Waals surface area contributed by atoms with E-state index in [-0.39, 0.29) is 12.5 Å². The molecule has 6 nitrogen and oxygen atoms in total. The Morgan fingerprint density at radius 3 is 2.48 bits per heavy atom. The molecule has 0 saturated heterocycles. The van der Waals surface area contributed by atoms with E-state index >= 15 is 0 Å². The van der Waals surface area contributed by atoms with Crippen LogP contribution in [0.2, 0.25) is 0 Å². The molecule has 0 spiro atoms. The second kappa shape index (κ2) is 6.91. The van der Waals surface area contributed by atoms with E-state index in [9.17, 15) is 9.90 Å². The van der Waals surface area contributed by atoms with Crippen LogP contribution in [0.4, 0.5) is 0 Å². The topological polar surface area (TPSA) is 79.5 Å². The van der Waals surface area contributed by atoms with E-state index in [4.69, 9.17) is 4.52 Å². The second-order valence-electron chi connectivity index (χ2n) is 6.41. The number of aromatic nitrogens is 2.